The minimum Gasteiger partial charge on any atom is -0.311 e. The third-order valence-corrected chi connectivity index (χ3v) is 5.05. The van der Waals surface area contributed by atoms with Crippen molar-refractivity contribution in [1.82, 2.24) is 24.7 Å². The van der Waals surface area contributed by atoms with E-state index in [0.29, 0.717) is 28.5 Å². The van der Waals surface area contributed by atoms with Crippen LogP contribution in [0.5, 0.6) is 0 Å². The van der Waals surface area contributed by atoms with Gasteiger partial charge in [-0.1, -0.05) is 0 Å². The second-order valence-electron chi connectivity index (χ2n) is 7.85. The maximum Gasteiger partial charge on any atom is 0.433 e. The molecule has 0 aliphatic carbocycles. The third-order valence-electron chi connectivity index (χ3n) is 5.05. The van der Waals surface area contributed by atoms with E-state index in [2.05, 4.69) is 30.7 Å². The average Bonchev–Trinajstić information content (AvgIpc) is 3.19. The van der Waals surface area contributed by atoms with Crippen molar-refractivity contribution in [2.24, 2.45) is 0 Å². The molecular weight excluding hydrogens is 475 g/mol. The molecule has 36 heavy (non-hydrogen) atoms. The van der Waals surface area contributed by atoms with Gasteiger partial charge in [0.05, 0.1) is 5.69 Å². The molecule has 2 amide bonds. The lowest BCUT2D eigenvalue weighted by molar-refractivity contribution is -0.141. The van der Waals surface area contributed by atoms with E-state index >= 15 is 0 Å². The molecule has 0 spiro atoms. The number of nitrogens with zero attached hydrogens (tertiary/aromatic N) is 5. The summed E-state index contributed by atoms with van der Waals surface area (Å²) in [6, 6.07) is 9.25. The maximum absolute atomic E-state index is 13.0. The fourth-order valence-electron chi connectivity index (χ4n) is 3.42. The van der Waals surface area contributed by atoms with Crippen LogP contribution in [0.2, 0.25) is 0 Å². The van der Waals surface area contributed by atoms with Gasteiger partial charge in [0.25, 0.3) is 0 Å². The van der Waals surface area contributed by atoms with Gasteiger partial charge in [-0.05, 0) is 48.9 Å². The van der Waals surface area contributed by atoms with Gasteiger partial charge in [-0.2, -0.15) is 18.3 Å². The average molecular weight is 495 g/mol. The standard InChI is InChI=1S/C24H20F3N7O2/c1-14-19(16-7-8-28-20(9-16)24(25,26)27)12-34(33-14)13-23(36)32-22-6-4-18(11-30-22)17-3-5-21(29-10-17)31-15(2)35/h3-12H,13H2,1-2H3,(H,29,31,35)(H,30,32,36). The van der Waals surface area contributed by atoms with Crippen molar-refractivity contribution in [2.45, 2.75) is 26.6 Å². The Balaban J connectivity index is 1.40. The summed E-state index contributed by atoms with van der Waals surface area (Å²) in [7, 11) is 0. The van der Waals surface area contributed by atoms with Crippen LogP contribution in [0.15, 0.2) is 61.2 Å². The molecule has 0 aromatic carbocycles. The summed E-state index contributed by atoms with van der Waals surface area (Å²) < 4.78 is 40.3. The van der Waals surface area contributed by atoms with E-state index in [1.165, 1.54) is 23.9 Å². The Labute approximate surface area is 203 Å². The zero-order chi connectivity index (χ0) is 25.9. The highest BCUT2D eigenvalue weighted by atomic mass is 19.4. The van der Waals surface area contributed by atoms with E-state index in [9.17, 15) is 22.8 Å². The number of anilines is 2. The van der Waals surface area contributed by atoms with Gasteiger partial charge in [-0.3, -0.25) is 19.3 Å². The second kappa shape index (κ2) is 9.94. The number of carbonyl (C=O) groups excluding carboxylic acids is 2. The predicted octanol–water partition coefficient (Wildman–Crippen LogP) is 4.33. The van der Waals surface area contributed by atoms with Crippen molar-refractivity contribution in [2.75, 3.05) is 10.6 Å². The molecule has 12 heteroatoms. The minimum atomic E-state index is -4.56. The van der Waals surface area contributed by atoms with Crippen LogP contribution < -0.4 is 10.6 Å². The van der Waals surface area contributed by atoms with E-state index in [0.717, 1.165) is 23.4 Å². The summed E-state index contributed by atoms with van der Waals surface area (Å²) in [6.07, 6.45) is 1.21. The Morgan fingerprint density at radius 3 is 2.11 bits per heavy atom. The molecule has 4 rings (SSSR count). The van der Waals surface area contributed by atoms with Crippen molar-refractivity contribution in [3.8, 4) is 22.3 Å². The van der Waals surface area contributed by atoms with Crippen molar-refractivity contribution in [3.63, 3.8) is 0 Å². The minimum absolute atomic E-state index is 0.157. The molecule has 0 saturated carbocycles. The van der Waals surface area contributed by atoms with Crippen LogP contribution in [0, 0.1) is 6.92 Å². The van der Waals surface area contributed by atoms with Crippen LogP contribution >= 0.6 is 0 Å². The number of halogens is 3. The molecule has 4 aromatic rings. The summed E-state index contributed by atoms with van der Waals surface area (Å²) in [5.74, 6) is 0.132. The number of carbonyl (C=O) groups is 2. The van der Waals surface area contributed by atoms with E-state index in [-0.39, 0.29) is 12.5 Å². The molecule has 0 fully saturated rings. The molecule has 0 atom stereocenters. The number of aromatic nitrogens is 5. The van der Waals surface area contributed by atoms with Crippen LogP contribution in [0.4, 0.5) is 24.8 Å². The molecule has 0 aliphatic rings. The molecule has 0 unspecified atom stereocenters. The molecular formula is C24H20F3N7O2. The molecule has 0 aliphatic heterocycles. The largest absolute Gasteiger partial charge is 0.433 e. The fourth-order valence-corrected chi connectivity index (χ4v) is 3.42. The molecule has 0 saturated heterocycles. The summed E-state index contributed by atoms with van der Waals surface area (Å²) in [4.78, 5) is 35.4. The Bertz CT molecular complexity index is 1400. The van der Waals surface area contributed by atoms with Gasteiger partial charge in [-0.25, -0.2) is 9.97 Å². The lowest BCUT2D eigenvalue weighted by Gasteiger charge is -2.07. The highest BCUT2D eigenvalue weighted by Crippen LogP contribution is 2.31. The normalized spacial score (nSPS) is 11.2. The first kappa shape index (κ1) is 24.5. The Hall–Kier alpha value is -4.61. The highest BCUT2D eigenvalue weighted by molar-refractivity contribution is 5.90. The number of rotatable bonds is 6. The van der Waals surface area contributed by atoms with Gasteiger partial charge in [0.15, 0.2) is 0 Å². The molecule has 0 bridgehead atoms. The van der Waals surface area contributed by atoms with Gasteiger partial charge in [0, 0.05) is 48.4 Å². The van der Waals surface area contributed by atoms with Crippen LogP contribution in [-0.4, -0.2) is 36.5 Å². The maximum atomic E-state index is 13.0. The van der Waals surface area contributed by atoms with Crippen LogP contribution in [-0.2, 0) is 22.3 Å². The van der Waals surface area contributed by atoms with Gasteiger partial charge < -0.3 is 10.6 Å². The molecule has 184 valence electrons. The van der Waals surface area contributed by atoms with E-state index < -0.39 is 17.8 Å². The second-order valence-corrected chi connectivity index (χ2v) is 7.85. The summed E-state index contributed by atoms with van der Waals surface area (Å²) >= 11 is 0. The van der Waals surface area contributed by atoms with E-state index in [1.807, 2.05) is 0 Å². The van der Waals surface area contributed by atoms with Gasteiger partial charge in [-0.15, -0.1) is 0 Å². The molecule has 4 heterocycles. The number of hydrogen-bond donors (Lipinski definition) is 2. The molecule has 9 nitrogen and oxygen atoms in total. The lowest BCUT2D eigenvalue weighted by Crippen LogP contribution is -2.19. The third kappa shape index (κ3) is 5.90. The van der Waals surface area contributed by atoms with Crippen molar-refractivity contribution >= 4 is 23.5 Å². The number of amides is 2. The van der Waals surface area contributed by atoms with Gasteiger partial charge in [0.1, 0.15) is 23.9 Å². The number of alkyl halides is 3. The van der Waals surface area contributed by atoms with E-state index in [4.69, 9.17) is 0 Å². The topological polar surface area (TPSA) is 115 Å². The lowest BCUT2D eigenvalue weighted by atomic mass is 10.1. The Kier molecular flexibility index (Phi) is 6.77. The zero-order valence-electron chi connectivity index (χ0n) is 19.2. The number of hydrogen-bond acceptors (Lipinski definition) is 6. The van der Waals surface area contributed by atoms with Gasteiger partial charge >= 0.3 is 6.18 Å². The van der Waals surface area contributed by atoms with Crippen molar-refractivity contribution in [3.05, 3.63) is 72.6 Å². The number of nitrogens with one attached hydrogen (secondary N) is 2. The first-order valence-electron chi connectivity index (χ1n) is 10.7. The highest BCUT2D eigenvalue weighted by Gasteiger charge is 2.32. The zero-order valence-corrected chi connectivity index (χ0v) is 19.2. The predicted molar refractivity (Wildman–Crippen MR) is 126 cm³/mol. The summed E-state index contributed by atoms with van der Waals surface area (Å²) in [6.45, 7) is 2.89. The van der Waals surface area contributed by atoms with Crippen LogP contribution in [0.3, 0.4) is 0 Å². The Morgan fingerprint density at radius 2 is 1.56 bits per heavy atom. The first-order chi connectivity index (χ1) is 17.1. The molecule has 2 N–H and O–H groups in total. The smallest absolute Gasteiger partial charge is 0.311 e. The number of aryl methyl sites for hydroxylation is 1. The monoisotopic (exact) mass is 495 g/mol. The van der Waals surface area contributed by atoms with Gasteiger partial charge in [0.2, 0.25) is 11.8 Å². The van der Waals surface area contributed by atoms with Crippen molar-refractivity contribution < 1.29 is 22.8 Å². The number of pyridine rings is 3. The van der Waals surface area contributed by atoms with Crippen molar-refractivity contribution in [1.29, 1.82) is 0 Å². The SMILES string of the molecule is CC(=O)Nc1ccc(-c2ccc(NC(=O)Cn3cc(-c4ccnc(C(F)(F)F)c4)c(C)n3)nc2)cn1. The summed E-state index contributed by atoms with van der Waals surface area (Å²) in [5, 5.41) is 9.49. The van der Waals surface area contributed by atoms with E-state index in [1.54, 1.807) is 43.6 Å². The molecule has 0 radical (unpaired) electrons. The Morgan fingerprint density at radius 1 is 0.917 bits per heavy atom. The van der Waals surface area contributed by atoms with Crippen LogP contribution in [0.1, 0.15) is 18.3 Å². The summed E-state index contributed by atoms with van der Waals surface area (Å²) in [5.41, 5.74) is 1.79. The quantitative estimate of drug-likeness (QED) is 0.412. The molecule has 4 aromatic heterocycles. The first-order valence-corrected chi connectivity index (χ1v) is 10.7. The van der Waals surface area contributed by atoms with Crippen LogP contribution in [0.25, 0.3) is 22.3 Å². The fraction of sp³-hybridized carbons (Fsp3) is 0.167.